The van der Waals surface area contributed by atoms with Crippen molar-refractivity contribution in [2.45, 2.75) is 11.8 Å². The molecule has 0 saturated heterocycles. The fourth-order valence-corrected chi connectivity index (χ4v) is 2.64. The van der Waals surface area contributed by atoms with Crippen molar-refractivity contribution in [3.63, 3.8) is 0 Å². The zero-order valence-corrected chi connectivity index (χ0v) is 14.5. The fourth-order valence-electron chi connectivity index (χ4n) is 1.35. The Morgan fingerprint density at radius 1 is 1.14 bits per heavy atom. The molecule has 2 rings (SSSR count). The summed E-state index contributed by atoms with van der Waals surface area (Å²) in [4.78, 5) is -0.178. The van der Waals surface area contributed by atoms with Crippen molar-refractivity contribution in [3.05, 3.63) is 57.7 Å². The van der Waals surface area contributed by atoms with Crippen molar-refractivity contribution in [1.29, 1.82) is 0 Å². The van der Waals surface area contributed by atoms with Gasteiger partial charge in [-0.1, -0.05) is 23.8 Å². The average molecular weight is 422 g/mol. The molecule has 7 heteroatoms. The van der Waals surface area contributed by atoms with Crippen LogP contribution in [-0.4, -0.2) is 23.5 Å². The Morgan fingerprint density at radius 2 is 1.76 bits per heavy atom. The number of benzene rings is 2. The topological polar surface area (TPSA) is 86.7 Å². The minimum Gasteiger partial charge on any atom is -0.744 e. The van der Waals surface area contributed by atoms with E-state index in [-0.39, 0.29) is 4.90 Å². The van der Waals surface area contributed by atoms with Gasteiger partial charge in [-0.3, -0.25) is 0 Å². The molecule has 0 bridgehead atoms. The van der Waals surface area contributed by atoms with Gasteiger partial charge in [-0.2, -0.15) is 3.44 Å². The molecule has 114 valence electrons. The molecular formula is C14H15IO5S. The summed E-state index contributed by atoms with van der Waals surface area (Å²) in [5, 5.41) is 0. The van der Waals surface area contributed by atoms with E-state index in [0.29, 0.717) is 0 Å². The second kappa shape index (κ2) is 8.32. The van der Waals surface area contributed by atoms with Crippen LogP contribution in [0.15, 0.2) is 53.4 Å². The van der Waals surface area contributed by atoms with Crippen LogP contribution in [0.1, 0.15) is 5.56 Å². The number of hydrogen-bond acceptors (Lipinski definition) is 5. The Morgan fingerprint density at radius 3 is 2.24 bits per heavy atom. The van der Waals surface area contributed by atoms with Crippen LogP contribution in [0.5, 0.6) is 5.75 Å². The van der Waals surface area contributed by atoms with E-state index in [1.54, 1.807) is 19.2 Å². The van der Waals surface area contributed by atoms with Crippen LogP contribution in [0.2, 0.25) is 0 Å². The molecule has 0 atom stereocenters. The number of aryl methyl sites for hydroxylation is 1. The molecule has 0 radical (unpaired) electrons. The van der Waals surface area contributed by atoms with E-state index in [2.05, 4.69) is 0 Å². The molecule has 0 aliphatic carbocycles. The Bertz CT molecular complexity index is 649. The molecule has 0 unspecified atom stereocenters. The second-order valence-electron chi connectivity index (χ2n) is 4.01. The summed E-state index contributed by atoms with van der Waals surface area (Å²) in [6, 6.07) is 13.3. The number of methoxy groups -OCH3 is 1. The lowest BCUT2D eigenvalue weighted by Crippen LogP contribution is -3.61. The molecule has 0 amide bonds. The number of rotatable bonds is 3. The molecule has 2 aromatic rings. The van der Waals surface area contributed by atoms with E-state index in [4.69, 9.17) is 8.17 Å². The third kappa shape index (κ3) is 6.42. The predicted molar refractivity (Wildman–Crippen MR) is 73.1 cm³/mol. The van der Waals surface area contributed by atoms with Crippen LogP contribution in [0.4, 0.5) is 0 Å². The lowest BCUT2D eigenvalue weighted by atomic mass is 10.2. The third-order valence-corrected chi connectivity index (χ3v) is 4.52. The maximum absolute atomic E-state index is 10.4. The number of halogens is 1. The summed E-state index contributed by atoms with van der Waals surface area (Å²) in [6.07, 6.45) is 0. The van der Waals surface area contributed by atoms with Gasteiger partial charge in [0.05, 0.1) is 12.0 Å². The summed E-state index contributed by atoms with van der Waals surface area (Å²) in [5.74, 6) is 0.811. The van der Waals surface area contributed by atoms with Crippen LogP contribution in [0, 0.1) is 10.5 Å². The SMILES string of the molecule is COc1cccc([I+]O)c1.Cc1ccc(S(=O)(=O)[O-])cc1. The van der Waals surface area contributed by atoms with Crippen LogP contribution >= 0.6 is 0 Å². The minimum atomic E-state index is -4.27. The van der Waals surface area contributed by atoms with Gasteiger partial charge in [0.25, 0.3) is 0 Å². The molecule has 21 heavy (non-hydrogen) atoms. The Balaban J connectivity index is 0.000000211. The smallest absolute Gasteiger partial charge is 0.519 e. The highest BCUT2D eigenvalue weighted by Crippen LogP contribution is 2.08. The van der Waals surface area contributed by atoms with Gasteiger partial charge < -0.3 is 9.29 Å². The minimum absolute atomic E-state index is 0.178. The van der Waals surface area contributed by atoms with Crippen molar-refractivity contribution in [2.75, 3.05) is 7.11 Å². The molecule has 0 spiro atoms. The first kappa shape index (κ1) is 17.9. The first-order chi connectivity index (χ1) is 9.86. The van der Waals surface area contributed by atoms with Crippen molar-refractivity contribution in [2.24, 2.45) is 0 Å². The predicted octanol–water partition coefficient (Wildman–Crippen LogP) is -1.24. The van der Waals surface area contributed by atoms with Gasteiger partial charge in [-0.15, -0.1) is 0 Å². The highest BCUT2D eigenvalue weighted by atomic mass is 127. The number of ether oxygens (including phenoxy) is 1. The first-order valence-corrected chi connectivity index (χ1v) is 9.27. The van der Waals surface area contributed by atoms with E-state index in [1.807, 2.05) is 31.2 Å². The molecule has 1 N–H and O–H groups in total. The molecule has 0 aliphatic rings. The second-order valence-corrected chi connectivity index (χ2v) is 7.12. The van der Waals surface area contributed by atoms with Gasteiger partial charge in [0.15, 0.2) is 0 Å². The van der Waals surface area contributed by atoms with Crippen LogP contribution < -0.4 is 26.4 Å². The molecule has 5 nitrogen and oxygen atoms in total. The molecule has 0 fully saturated rings. The van der Waals surface area contributed by atoms with Crippen molar-refractivity contribution < 1.29 is 42.8 Å². The Hall–Kier alpha value is -1.16. The van der Waals surface area contributed by atoms with E-state index in [0.717, 1.165) is 14.9 Å². The van der Waals surface area contributed by atoms with E-state index in [1.165, 1.54) is 12.1 Å². The fraction of sp³-hybridized carbons (Fsp3) is 0.143. The molecule has 0 aromatic heterocycles. The van der Waals surface area contributed by atoms with Crippen LogP contribution in [0.25, 0.3) is 0 Å². The summed E-state index contributed by atoms with van der Waals surface area (Å²) in [6.45, 7) is 1.82. The highest BCUT2D eigenvalue weighted by molar-refractivity contribution is 7.85. The van der Waals surface area contributed by atoms with Gasteiger partial charge in [-0.05, 0) is 31.2 Å². The lowest BCUT2D eigenvalue weighted by Gasteiger charge is -2.05. The standard InChI is InChI=1S/C7H8IO2.C7H8O3S/c1-10-7-4-2-3-6(5-7)8-9;1-6-2-4-7(5-3-6)11(8,9)10/h2-5,9H,1H3;2-5H,1H3,(H,8,9,10)/q+1;/p-1. The van der Waals surface area contributed by atoms with Gasteiger partial charge in [0.2, 0.25) is 3.57 Å². The maximum atomic E-state index is 10.4. The van der Waals surface area contributed by atoms with Crippen molar-refractivity contribution in [1.82, 2.24) is 0 Å². The highest BCUT2D eigenvalue weighted by Gasteiger charge is 2.07. The van der Waals surface area contributed by atoms with E-state index < -0.39 is 31.7 Å². The van der Waals surface area contributed by atoms with E-state index >= 15 is 0 Å². The maximum Gasteiger partial charge on any atom is 0.519 e. The van der Waals surface area contributed by atoms with Crippen LogP contribution in [0.3, 0.4) is 0 Å². The Kier molecular flexibility index (Phi) is 7.09. The normalized spacial score (nSPS) is 10.5. The molecule has 2 aromatic carbocycles. The third-order valence-electron chi connectivity index (χ3n) is 2.44. The van der Waals surface area contributed by atoms with Crippen molar-refractivity contribution in [3.8, 4) is 5.75 Å². The van der Waals surface area contributed by atoms with Gasteiger partial charge in [0, 0.05) is 6.07 Å². The summed E-state index contributed by atoms with van der Waals surface area (Å²) in [7, 11) is -2.65. The van der Waals surface area contributed by atoms with Gasteiger partial charge in [0.1, 0.15) is 15.9 Å². The Labute approximate surface area is 135 Å². The molecule has 0 aliphatic heterocycles. The zero-order valence-electron chi connectivity index (χ0n) is 11.5. The van der Waals surface area contributed by atoms with Crippen molar-refractivity contribution >= 4 is 10.1 Å². The summed E-state index contributed by atoms with van der Waals surface area (Å²) in [5.41, 5.74) is 0.928. The number of hydrogen-bond donors (Lipinski definition) is 1. The van der Waals surface area contributed by atoms with Gasteiger partial charge >= 0.3 is 21.6 Å². The molecule has 0 saturated carbocycles. The lowest BCUT2D eigenvalue weighted by molar-refractivity contribution is -0.866. The summed E-state index contributed by atoms with van der Waals surface area (Å²) < 4.78 is 45.9. The monoisotopic (exact) mass is 422 g/mol. The largest absolute Gasteiger partial charge is 0.744 e. The van der Waals surface area contributed by atoms with Gasteiger partial charge in [-0.25, -0.2) is 8.42 Å². The average Bonchev–Trinajstić information content (AvgIpc) is 2.47. The zero-order chi connectivity index (χ0) is 15.9. The summed E-state index contributed by atoms with van der Waals surface area (Å²) >= 11 is -0.794. The van der Waals surface area contributed by atoms with E-state index in [9.17, 15) is 13.0 Å². The quantitative estimate of drug-likeness (QED) is 0.494. The molecular weight excluding hydrogens is 407 g/mol. The molecule has 0 heterocycles. The van der Waals surface area contributed by atoms with Crippen LogP contribution in [-0.2, 0) is 10.1 Å². The first-order valence-electron chi connectivity index (χ1n) is 5.82.